The van der Waals surface area contributed by atoms with Crippen molar-refractivity contribution in [3.8, 4) is 17.0 Å². The Hall–Kier alpha value is -2.88. The molecular formula is C23H24N2O2. The highest BCUT2D eigenvalue weighted by molar-refractivity contribution is 6.02. The number of ketones is 1. The van der Waals surface area contributed by atoms with Crippen molar-refractivity contribution < 1.29 is 9.53 Å². The van der Waals surface area contributed by atoms with Crippen LogP contribution in [0.1, 0.15) is 47.4 Å². The van der Waals surface area contributed by atoms with E-state index in [2.05, 4.69) is 35.9 Å². The number of carbonyl (C=O) groups is 1. The minimum absolute atomic E-state index is 0.0121. The minimum Gasteiger partial charge on any atom is -0.497 e. The first-order valence-corrected chi connectivity index (χ1v) is 9.27. The average molecular weight is 360 g/mol. The molecule has 0 fully saturated rings. The van der Waals surface area contributed by atoms with E-state index < -0.39 is 0 Å². The number of hydrogen-bond acceptors (Lipinski definition) is 3. The molecule has 2 heterocycles. The summed E-state index contributed by atoms with van der Waals surface area (Å²) in [6.07, 6.45) is 5.76. The van der Waals surface area contributed by atoms with Crippen LogP contribution in [-0.4, -0.2) is 22.9 Å². The molecule has 0 amide bonds. The van der Waals surface area contributed by atoms with Gasteiger partial charge in [0.15, 0.2) is 5.78 Å². The molecule has 4 rings (SSSR count). The Bertz CT molecular complexity index is 970. The van der Waals surface area contributed by atoms with Crippen molar-refractivity contribution >= 4 is 5.78 Å². The van der Waals surface area contributed by atoms with E-state index in [9.17, 15) is 4.79 Å². The van der Waals surface area contributed by atoms with Crippen LogP contribution >= 0.6 is 0 Å². The van der Waals surface area contributed by atoms with E-state index in [-0.39, 0.29) is 11.2 Å². The third kappa shape index (κ3) is 3.39. The van der Waals surface area contributed by atoms with E-state index in [0.29, 0.717) is 12.8 Å². The maximum Gasteiger partial charge on any atom is 0.165 e. The highest BCUT2D eigenvalue weighted by Gasteiger charge is 2.35. The Morgan fingerprint density at radius 3 is 2.44 bits per heavy atom. The lowest BCUT2D eigenvalue weighted by atomic mass is 9.75. The highest BCUT2D eigenvalue weighted by Crippen LogP contribution is 2.40. The van der Waals surface area contributed by atoms with E-state index in [4.69, 9.17) is 4.74 Å². The van der Waals surface area contributed by atoms with Crippen LogP contribution in [-0.2, 0) is 12.8 Å². The number of carbonyl (C=O) groups excluding carboxylic acids is 1. The predicted octanol–water partition coefficient (Wildman–Crippen LogP) is 4.83. The molecule has 27 heavy (non-hydrogen) atoms. The molecule has 4 heteroatoms. The number of Topliss-reactive ketones (excluding diaryl/α,β-unsaturated/α-hetero) is 1. The fourth-order valence-electron chi connectivity index (χ4n) is 4.02. The van der Waals surface area contributed by atoms with E-state index in [1.807, 2.05) is 24.3 Å². The maximum atomic E-state index is 13.0. The summed E-state index contributed by atoms with van der Waals surface area (Å²) in [6, 6.07) is 12.0. The van der Waals surface area contributed by atoms with Gasteiger partial charge in [-0.05, 0) is 47.2 Å². The second kappa shape index (κ2) is 6.69. The van der Waals surface area contributed by atoms with Crippen LogP contribution in [0.4, 0.5) is 0 Å². The third-order valence-electron chi connectivity index (χ3n) is 5.26. The van der Waals surface area contributed by atoms with E-state index in [0.717, 1.165) is 45.8 Å². The van der Waals surface area contributed by atoms with Crippen molar-refractivity contribution in [2.75, 3.05) is 7.11 Å². The van der Waals surface area contributed by atoms with Gasteiger partial charge in [-0.25, -0.2) is 0 Å². The molecule has 0 atom stereocenters. The highest BCUT2D eigenvalue weighted by atomic mass is 16.5. The molecule has 0 saturated carbocycles. The molecule has 1 aliphatic rings. The van der Waals surface area contributed by atoms with Gasteiger partial charge in [-0.1, -0.05) is 26.0 Å². The zero-order chi connectivity index (χ0) is 19.0. The molecule has 4 nitrogen and oxygen atoms in total. The van der Waals surface area contributed by atoms with Gasteiger partial charge in [0.2, 0.25) is 0 Å². The summed E-state index contributed by atoms with van der Waals surface area (Å²) in [7, 11) is 1.67. The predicted molar refractivity (Wildman–Crippen MR) is 106 cm³/mol. The molecule has 0 radical (unpaired) electrons. The van der Waals surface area contributed by atoms with Crippen molar-refractivity contribution in [1.29, 1.82) is 0 Å². The first-order valence-electron chi connectivity index (χ1n) is 9.27. The topological polar surface area (TPSA) is 55.0 Å². The number of methoxy groups -OCH3 is 1. The standard InChI is InChI=1S/C23H24N2O2/c1-23(2)13-19-21(20(26)14-23)18(12-15-4-6-17(27-3)7-5-15)22(25-19)16-8-10-24-11-9-16/h4-11,25H,12-14H2,1-3H3. The normalized spacial score (nSPS) is 15.4. The number of nitrogens with zero attached hydrogens (tertiary/aromatic N) is 1. The molecule has 1 aromatic carbocycles. The van der Waals surface area contributed by atoms with Crippen LogP contribution < -0.4 is 4.74 Å². The molecule has 0 unspecified atom stereocenters. The number of ether oxygens (including phenoxy) is 1. The van der Waals surface area contributed by atoms with Crippen molar-refractivity contribution in [1.82, 2.24) is 9.97 Å². The second-order valence-electron chi connectivity index (χ2n) is 8.03. The van der Waals surface area contributed by atoms with Crippen molar-refractivity contribution in [2.45, 2.75) is 33.1 Å². The third-order valence-corrected chi connectivity index (χ3v) is 5.26. The van der Waals surface area contributed by atoms with Crippen molar-refractivity contribution in [2.24, 2.45) is 5.41 Å². The van der Waals surface area contributed by atoms with Gasteiger partial charge in [0.1, 0.15) is 5.75 Å². The zero-order valence-corrected chi connectivity index (χ0v) is 16.0. The number of fused-ring (bicyclic) bond motifs is 1. The van der Waals surface area contributed by atoms with Crippen LogP contribution in [0.15, 0.2) is 48.8 Å². The van der Waals surface area contributed by atoms with Crippen LogP contribution in [0.5, 0.6) is 5.75 Å². The summed E-state index contributed by atoms with van der Waals surface area (Å²) in [6.45, 7) is 4.31. The van der Waals surface area contributed by atoms with Crippen LogP contribution in [0.25, 0.3) is 11.3 Å². The molecule has 0 aliphatic heterocycles. The summed E-state index contributed by atoms with van der Waals surface area (Å²) >= 11 is 0. The lowest BCUT2D eigenvalue weighted by Crippen LogP contribution is -2.27. The zero-order valence-electron chi connectivity index (χ0n) is 16.0. The molecule has 2 aromatic heterocycles. The molecule has 138 valence electrons. The smallest absolute Gasteiger partial charge is 0.165 e. The molecule has 0 spiro atoms. The number of pyridine rings is 1. The average Bonchev–Trinajstić information content (AvgIpc) is 3.00. The Morgan fingerprint density at radius 1 is 1.07 bits per heavy atom. The molecule has 0 bridgehead atoms. The fraction of sp³-hybridized carbons (Fsp3) is 0.304. The van der Waals surface area contributed by atoms with Gasteiger partial charge in [-0.15, -0.1) is 0 Å². The van der Waals surface area contributed by atoms with Gasteiger partial charge in [0.05, 0.1) is 12.8 Å². The van der Waals surface area contributed by atoms with Gasteiger partial charge in [0, 0.05) is 42.1 Å². The number of nitrogens with one attached hydrogen (secondary N) is 1. The van der Waals surface area contributed by atoms with E-state index in [1.165, 1.54) is 0 Å². The number of hydrogen-bond donors (Lipinski definition) is 1. The molecule has 0 saturated heterocycles. The van der Waals surface area contributed by atoms with Gasteiger partial charge in [0.25, 0.3) is 0 Å². The van der Waals surface area contributed by atoms with Gasteiger partial charge in [-0.2, -0.15) is 0 Å². The SMILES string of the molecule is COc1ccc(Cc2c(-c3ccncc3)[nH]c3c2C(=O)CC(C)(C)C3)cc1. The van der Waals surface area contributed by atoms with E-state index in [1.54, 1.807) is 19.5 Å². The fourth-order valence-corrected chi connectivity index (χ4v) is 4.02. The van der Waals surface area contributed by atoms with Gasteiger partial charge in [-0.3, -0.25) is 9.78 Å². The summed E-state index contributed by atoms with van der Waals surface area (Å²) in [5.41, 5.74) is 6.27. The van der Waals surface area contributed by atoms with Crippen LogP contribution in [0, 0.1) is 5.41 Å². The van der Waals surface area contributed by atoms with Crippen LogP contribution in [0.3, 0.4) is 0 Å². The second-order valence-corrected chi connectivity index (χ2v) is 8.03. The monoisotopic (exact) mass is 360 g/mol. The summed E-state index contributed by atoms with van der Waals surface area (Å²) in [5.74, 6) is 1.07. The van der Waals surface area contributed by atoms with E-state index >= 15 is 0 Å². The largest absolute Gasteiger partial charge is 0.497 e. The first kappa shape index (κ1) is 17.5. The number of aromatic amines is 1. The quantitative estimate of drug-likeness (QED) is 0.725. The van der Waals surface area contributed by atoms with Gasteiger partial charge >= 0.3 is 0 Å². The minimum atomic E-state index is -0.0121. The van der Waals surface area contributed by atoms with Gasteiger partial charge < -0.3 is 9.72 Å². The molecule has 1 aliphatic carbocycles. The number of benzene rings is 1. The molecule has 3 aromatic rings. The Morgan fingerprint density at radius 2 is 1.78 bits per heavy atom. The molecule has 1 N–H and O–H groups in total. The summed E-state index contributed by atoms with van der Waals surface area (Å²) in [4.78, 5) is 20.7. The maximum absolute atomic E-state index is 13.0. The Labute approximate surface area is 159 Å². The number of rotatable bonds is 4. The molecular weight excluding hydrogens is 336 g/mol. The number of H-pyrrole nitrogens is 1. The van der Waals surface area contributed by atoms with Crippen molar-refractivity contribution in [3.63, 3.8) is 0 Å². The Balaban J connectivity index is 1.83. The summed E-state index contributed by atoms with van der Waals surface area (Å²) in [5, 5.41) is 0. The van der Waals surface area contributed by atoms with Crippen molar-refractivity contribution in [3.05, 3.63) is 71.2 Å². The lowest BCUT2D eigenvalue weighted by molar-refractivity contribution is 0.0911. The lowest BCUT2D eigenvalue weighted by Gasteiger charge is -2.28. The Kier molecular flexibility index (Phi) is 4.34. The van der Waals surface area contributed by atoms with Crippen LogP contribution in [0.2, 0.25) is 0 Å². The number of aromatic nitrogens is 2. The first-order chi connectivity index (χ1) is 13.0. The summed E-state index contributed by atoms with van der Waals surface area (Å²) < 4.78 is 5.26.